The Morgan fingerprint density at radius 1 is 1.29 bits per heavy atom. The number of rotatable bonds is 4. The van der Waals surface area contributed by atoms with Gasteiger partial charge >= 0.3 is 0 Å². The highest BCUT2D eigenvalue weighted by Gasteiger charge is 2.43. The first-order valence-corrected chi connectivity index (χ1v) is 9.78. The van der Waals surface area contributed by atoms with Crippen molar-refractivity contribution < 1.29 is 9.69 Å². The monoisotopic (exact) mass is 341 g/mol. The zero-order valence-electron chi connectivity index (χ0n) is 14.4. The molecule has 1 saturated carbocycles. The number of thiophene rings is 1. The van der Waals surface area contributed by atoms with E-state index in [0.717, 1.165) is 30.1 Å². The Hall–Kier alpha value is -1.65. The van der Waals surface area contributed by atoms with Gasteiger partial charge in [0, 0.05) is 28.5 Å². The van der Waals surface area contributed by atoms with E-state index < -0.39 is 0 Å². The van der Waals surface area contributed by atoms with Gasteiger partial charge in [0.1, 0.15) is 6.04 Å². The molecule has 4 rings (SSSR count). The molecule has 126 valence electrons. The average Bonchev–Trinajstić information content (AvgIpc) is 3.26. The number of quaternary nitrogens is 1. The van der Waals surface area contributed by atoms with E-state index in [-0.39, 0.29) is 5.91 Å². The van der Waals surface area contributed by atoms with E-state index in [4.69, 9.17) is 0 Å². The summed E-state index contributed by atoms with van der Waals surface area (Å²) in [5.74, 6) is 0.920. The smallest absolute Gasteiger partial charge is 0.279 e. The number of carbonyl (C=O) groups is 1. The molecule has 1 amide bonds. The van der Waals surface area contributed by atoms with Crippen LogP contribution >= 0.6 is 11.3 Å². The lowest BCUT2D eigenvalue weighted by molar-refractivity contribution is -0.928. The van der Waals surface area contributed by atoms with Crippen LogP contribution in [0.4, 0.5) is 5.69 Å². The molecule has 2 aliphatic rings. The van der Waals surface area contributed by atoms with E-state index in [2.05, 4.69) is 42.7 Å². The fraction of sp³-hybridized carbons (Fsp3) is 0.450. The number of fused-ring (bicyclic) bond motifs is 1. The third-order valence-corrected chi connectivity index (χ3v) is 6.36. The van der Waals surface area contributed by atoms with Crippen LogP contribution in [0.3, 0.4) is 0 Å². The fourth-order valence-corrected chi connectivity index (χ4v) is 4.98. The maximum absolute atomic E-state index is 12.6. The summed E-state index contributed by atoms with van der Waals surface area (Å²) >= 11 is 1.89. The fourth-order valence-electron chi connectivity index (χ4n) is 4.05. The molecule has 2 N–H and O–H groups in total. The molecule has 1 aromatic heterocycles. The summed E-state index contributed by atoms with van der Waals surface area (Å²) in [6.45, 7) is 5.79. The summed E-state index contributed by atoms with van der Waals surface area (Å²) in [4.78, 5) is 15.6. The predicted octanol–water partition coefficient (Wildman–Crippen LogP) is 2.90. The Kier molecular flexibility index (Phi) is 4.19. The van der Waals surface area contributed by atoms with Gasteiger partial charge in [-0.2, -0.15) is 0 Å². The highest BCUT2D eigenvalue weighted by atomic mass is 32.1. The van der Waals surface area contributed by atoms with Crippen LogP contribution in [0.1, 0.15) is 40.5 Å². The molecule has 3 nitrogen and oxygen atoms in total. The van der Waals surface area contributed by atoms with E-state index >= 15 is 0 Å². The minimum atomic E-state index is 0.140. The summed E-state index contributed by atoms with van der Waals surface area (Å²) < 4.78 is 0. The SMILES string of the molecule is Cc1ccc(NC(=O)C[NH+]2CCc3sccc3[C@H]2C2CC2)c(C)c1. The highest BCUT2D eigenvalue weighted by molar-refractivity contribution is 7.10. The van der Waals surface area contributed by atoms with Gasteiger partial charge in [0.05, 0.1) is 6.54 Å². The van der Waals surface area contributed by atoms with Gasteiger partial charge in [-0.1, -0.05) is 17.7 Å². The normalized spacial score (nSPS) is 22.9. The van der Waals surface area contributed by atoms with E-state index in [1.807, 2.05) is 17.4 Å². The lowest BCUT2D eigenvalue weighted by Gasteiger charge is -2.32. The molecule has 1 fully saturated rings. The van der Waals surface area contributed by atoms with Crippen LogP contribution in [0, 0.1) is 19.8 Å². The molecule has 2 atom stereocenters. The van der Waals surface area contributed by atoms with Gasteiger partial charge in [-0.3, -0.25) is 4.79 Å². The van der Waals surface area contributed by atoms with Crippen molar-refractivity contribution in [2.75, 3.05) is 18.4 Å². The number of amides is 1. The number of hydrogen-bond acceptors (Lipinski definition) is 2. The topological polar surface area (TPSA) is 33.5 Å². The van der Waals surface area contributed by atoms with Crippen molar-refractivity contribution >= 4 is 22.9 Å². The predicted molar refractivity (Wildman–Crippen MR) is 98.7 cm³/mol. The first-order valence-electron chi connectivity index (χ1n) is 8.90. The first kappa shape index (κ1) is 15.9. The standard InChI is InChI=1S/C20H24N2OS/c1-13-3-6-17(14(2)11-13)21-19(23)12-22-9-7-18-16(8-10-24-18)20(22)15-4-5-15/h3,6,8,10-11,15,20H,4-5,7,9,12H2,1-2H3,(H,21,23)/p+1/t20-/m1/s1. The molecule has 1 aromatic carbocycles. The number of anilines is 1. The Labute approximate surface area is 147 Å². The number of nitrogens with one attached hydrogen (secondary N) is 2. The minimum absolute atomic E-state index is 0.140. The molecule has 0 saturated heterocycles. The second-order valence-corrected chi connectivity index (χ2v) is 8.32. The van der Waals surface area contributed by atoms with Gasteiger partial charge in [0.2, 0.25) is 0 Å². The van der Waals surface area contributed by atoms with Gasteiger partial charge in [-0.15, -0.1) is 11.3 Å². The van der Waals surface area contributed by atoms with Gasteiger partial charge in [-0.25, -0.2) is 0 Å². The Balaban J connectivity index is 1.47. The third-order valence-electron chi connectivity index (χ3n) is 5.36. The van der Waals surface area contributed by atoms with Crippen molar-refractivity contribution in [3.8, 4) is 0 Å². The van der Waals surface area contributed by atoms with Gasteiger partial charge < -0.3 is 10.2 Å². The zero-order chi connectivity index (χ0) is 16.7. The van der Waals surface area contributed by atoms with Crippen molar-refractivity contribution in [3.63, 3.8) is 0 Å². The number of hydrogen-bond donors (Lipinski definition) is 2. The molecule has 1 aliphatic carbocycles. The van der Waals surface area contributed by atoms with Crippen LogP contribution < -0.4 is 10.2 Å². The number of carbonyl (C=O) groups excluding carboxylic acids is 1. The van der Waals surface area contributed by atoms with Crippen LogP contribution in [0.2, 0.25) is 0 Å². The first-order chi connectivity index (χ1) is 11.6. The molecule has 0 radical (unpaired) electrons. The minimum Gasteiger partial charge on any atom is -0.321 e. The van der Waals surface area contributed by atoms with E-state index in [1.54, 1.807) is 4.88 Å². The van der Waals surface area contributed by atoms with Crippen LogP contribution in [-0.4, -0.2) is 19.0 Å². The molecule has 1 unspecified atom stereocenters. The Morgan fingerprint density at radius 2 is 2.12 bits per heavy atom. The molecular weight excluding hydrogens is 316 g/mol. The molecule has 0 bridgehead atoms. The summed E-state index contributed by atoms with van der Waals surface area (Å²) in [6.07, 6.45) is 3.76. The van der Waals surface area contributed by atoms with Gasteiger partial charge in [-0.05, 0) is 49.8 Å². The van der Waals surface area contributed by atoms with Crippen LogP contribution in [0.5, 0.6) is 0 Å². The van der Waals surface area contributed by atoms with Crippen molar-refractivity contribution in [2.45, 2.75) is 39.2 Å². The van der Waals surface area contributed by atoms with Gasteiger partial charge in [0.25, 0.3) is 5.91 Å². The molecule has 0 spiro atoms. The highest BCUT2D eigenvalue weighted by Crippen LogP contribution is 2.42. The molecule has 24 heavy (non-hydrogen) atoms. The van der Waals surface area contributed by atoms with E-state index in [1.165, 1.54) is 28.9 Å². The second-order valence-electron chi connectivity index (χ2n) is 7.32. The molecule has 2 heterocycles. The molecule has 2 aromatic rings. The van der Waals surface area contributed by atoms with Crippen LogP contribution in [-0.2, 0) is 11.2 Å². The van der Waals surface area contributed by atoms with E-state index in [9.17, 15) is 4.79 Å². The second kappa shape index (κ2) is 6.34. The van der Waals surface area contributed by atoms with E-state index in [0.29, 0.717) is 12.6 Å². The summed E-state index contributed by atoms with van der Waals surface area (Å²) in [5, 5.41) is 5.35. The molecule has 1 aliphatic heterocycles. The maximum Gasteiger partial charge on any atom is 0.279 e. The van der Waals surface area contributed by atoms with Crippen LogP contribution in [0.25, 0.3) is 0 Å². The van der Waals surface area contributed by atoms with Crippen molar-refractivity contribution in [3.05, 3.63) is 51.2 Å². The number of aryl methyl sites for hydroxylation is 2. The average molecular weight is 342 g/mol. The van der Waals surface area contributed by atoms with Gasteiger partial charge in [0.15, 0.2) is 6.54 Å². The van der Waals surface area contributed by atoms with Crippen LogP contribution in [0.15, 0.2) is 29.6 Å². The lowest BCUT2D eigenvalue weighted by atomic mass is 9.96. The van der Waals surface area contributed by atoms with Crippen molar-refractivity contribution in [1.29, 1.82) is 0 Å². The largest absolute Gasteiger partial charge is 0.321 e. The Morgan fingerprint density at radius 3 is 2.88 bits per heavy atom. The van der Waals surface area contributed by atoms with Crippen molar-refractivity contribution in [1.82, 2.24) is 0 Å². The molecular formula is C20H25N2OS+. The zero-order valence-corrected chi connectivity index (χ0v) is 15.2. The van der Waals surface area contributed by atoms with Crippen molar-refractivity contribution in [2.24, 2.45) is 5.92 Å². The maximum atomic E-state index is 12.6. The third kappa shape index (κ3) is 3.13. The quantitative estimate of drug-likeness (QED) is 0.881. The Bertz CT molecular complexity index is 763. The summed E-state index contributed by atoms with van der Waals surface area (Å²) in [7, 11) is 0. The summed E-state index contributed by atoms with van der Waals surface area (Å²) in [5.41, 5.74) is 4.83. The number of benzene rings is 1. The molecule has 4 heteroatoms. The summed E-state index contributed by atoms with van der Waals surface area (Å²) in [6, 6.07) is 9.02. The lowest BCUT2D eigenvalue weighted by Crippen LogP contribution is -3.14.